The van der Waals surface area contributed by atoms with Gasteiger partial charge in [-0.05, 0) is 34.6 Å². The fourth-order valence-corrected chi connectivity index (χ4v) is 1.48. The third-order valence-corrected chi connectivity index (χ3v) is 2.09. The summed E-state index contributed by atoms with van der Waals surface area (Å²) in [6, 6.07) is 0. The first kappa shape index (κ1) is 13.4. The van der Waals surface area contributed by atoms with Crippen molar-refractivity contribution >= 4 is 5.91 Å². The molecule has 0 radical (unpaired) electrons. The molecular weight excluding hydrogens is 180 g/mol. The van der Waals surface area contributed by atoms with Gasteiger partial charge in [-0.25, -0.2) is 0 Å². The molecule has 0 rings (SSSR count). The maximum Gasteiger partial charge on any atom is 0.244 e. The van der Waals surface area contributed by atoms with E-state index in [0.29, 0.717) is 0 Å². The minimum absolute atomic E-state index is 0.116. The van der Waals surface area contributed by atoms with E-state index in [-0.39, 0.29) is 5.91 Å². The molecule has 14 heavy (non-hydrogen) atoms. The monoisotopic (exact) mass is 202 g/mol. The van der Waals surface area contributed by atoms with Crippen molar-refractivity contribution in [2.45, 2.75) is 45.7 Å². The van der Waals surface area contributed by atoms with Crippen LogP contribution in [0.5, 0.6) is 0 Å². The van der Waals surface area contributed by atoms with E-state index in [9.17, 15) is 10.0 Å². The second-order valence-electron chi connectivity index (χ2n) is 5.24. The lowest BCUT2D eigenvalue weighted by Crippen LogP contribution is -2.59. The van der Waals surface area contributed by atoms with Crippen molar-refractivity contribution in [1.29, 1.82) is 0 Å². The van der Waals surface area contributed by atoms with E-state index in [0.717, 1.165) is 5.06 Å². The molecule has 0 heterocycles. The van der Waals surface area contributed by atoms with Crippen LogP contribution in [0.25, 0.3) is 0 Å². The maximum atomic E-state index is 11.8. The largest absolute Gasteiger partial charge is 0.347 e. The van der Waals surface area contributed by atoms with Crippen molar-refractivity contribution in [2.75, 3.05) is 14.1 Å². The van der Waals surface area contributed by atoms with E-state index in [1.807, 2.05) is 20.8 Å². The van der Waals surface area contributed by atoms with Crippen molar-refractivity contribution in [1.82, 2.24) is 9.96 Å². The highest BCUT2D eigenvalue weighted by atomic mass is 16.5. The van der Waals surface area contributed by atoms with Gasteiger partial charge in [0.05, 0.1) is 0 Å². The normalized spacial score (nSPS) is 13.2. The first-order chi connectivity index (χ1) is 6.01. The van der Waals surface area contributed by atoms with Crippen LogP contribution in [0.1, 0.15) is 34.6 Å². The minimum Gasteiger partial charge on any atom is -0.347 e. The second kappa shape index (κ2) is 3.87. The predicted molar refractivity (Wildman–Crippen MR) is 56.2 cm³/mol. The molecule has 0 saturated heterocycles. The number of rotatable bonds is 2. The molecule has 84 valence electrons. The Morgan fingerprint density at radius 2 is 1.43 bits per heavy atom. The van der Waals surface area contributed by atoms with Crippen molar-refractivity contribution in [2.24, 2.45) is 0 Å². The molecular formula is C10H22N2O2. The lowest BCUT2D eigenvalue weighted by atomic mass is 9.96. The van der Waals surface area contributed by atoms with Crippen LogP contribution in [0.4, 0.5) is 0 Å². The SMILES string of the molecule is CN(C)C(=O)C(C)(C)N(O)C(C)(C)C. The number of hydroxylamine groups is 2. The molecule has 1 N–H and O–H groups in total. The Morgan fingerprint density at radius 1 is 1.07 bits per heavy atom. The van der Waals surface area contributed by atoms with Gasteiger partial charge in [0.1, 0.15) is 5.54 Å². The van der Waals surface area contributed by atoms with Crippen LogP contribution >= 0.6 is 0 Å². The molecule has 4 nitrogen and oxygen atoms in total. The van der Waals surface area contributed by atoms with Crippen molar-refractivity contribution in [3.8, 4) is 0 Å². The average molecular weight is 202 g/mol. The molecule has 0 aromatic heterocycles. The summed E-state index contributed by atoms with van der Waals surface area (Å²) in [5, 5.41) is 11.0. The van der Waals surface area contributed by atoms with E-state index in [4.69, 9.17) is 0 Å². The Morgan fingerprint density at radius 3 is 1.64 bits per heavy atom. The van der Waals surface area contributed by atoms with Crippen molar-refractivity contribution in [3.05, 3.63) is 0 Å². The smallest absolute Gasteiger partial charge is 0.244 e. The lowest BCUT2D eigenvalue weighted by Gasteiger charge is -2.41. The van der Waals surface area contributed by atoms with Crippen LogP contribution in [0.2, 0.25) is 0 Å². The molecule has 0 spiro atoms. The zero-order chi connectivity index (χ0) is 11.7. The van der Waals surface area contributed by atoms with Gasteiger partial charge in [-0.2, -0.15) is 5.06 Å². The molecule has 0 aliphatic carbocycles. The fraction of sp³-hybridized carbons (Fsp3) is 0.900. The number of likely N-dealkylation sites (N-methyl/N-ethyl adjacent to an activating group) is 1. The van der Waals surface area contributed by atoms with Gasteiger partial charge in [0.15, 0.2) is 0 Å². The van der Waals surface area contributed by atoms with Crippen LogP contribution in [0.15, 0.2) is 0 Å². The van der Waals surface area contributed by atoms with Gasteiger partial charge < -0.3 is 10.1 Å². The summed E-state index contributed by atoms with van der Waals surface area (Å²) in [4.78, 5) is 13.3. The number of hydrogen-bond acceptors (Lipinski definition) is 3. The van der Waals surface area contributed by atoms with Gasteiger partial charge in [0.2, 0.25) is 5.91 Å². The highest BCUT2D eigenvalue weighted by Gasteiger charge is 2.40. The van der Waals surface area contributed by atoms with Crippen LogP contribution in [-0.4, -0.2) is 46.3 Å². The number of hydrogen-bond donors (Lipinski definition) is 1. The zero-order valence-corrected chi connectivity index (χ0v) is 10.2. The highest BCUT2D eigenvalue weighted by molar-refractivity contribution is 5.84. The quantitative estimate of drug-likeness (QED) is 0.687. The van der Waals surface area contributed by atoms with Gasteiger partial charge in [0.25, 0.3) is 0 Å². The summed E-state index contributed by atoms with van der Waals surface area (Å²) in [6.07, 6.45) is 0. The number of nitrogens with zero attached hydrogens (tertiary/aromatic N) is 2. The Balaban J connectivity index is 4.87. The Hall–Kier alpha value is -0.610. The second-order valence-corrected chi connectivity index (χ2v) is 5.24. The lowest BCUT2D eigenvalue weighted by molar-refractivity contribution is -0.221. The van der Waals surface area contributed by atoms with Gasteiger partial charge in [-0.3, -0.25) is 4.79 Å². The zero-order valence-electron chi connectivity index (χ0n) is 10.2. The summed E-state index contributed by atoms with van der Waals surface area (Å²) < 4.78 is 0. The summed E-state index contributed by atoms with van der Waals surface area (Å²) in [7, 11) is 3.36. The molecule has 0 aliphatic heterocycles. The predicted octanol–water partition coefficient (Wildman–Crippen LogP) is 1.34. The van der Waals surface area contributed by atoms with Gasteiger partial charge >= 0.3 is 0 Å². The Labute approximate surface area is 86.5 Å². The van der Waals surface area contributed by atoms with Crippen LogP contribution in [0, 0.1) is 0 Å². The molecule has 0 aliphatic rings. The van der Waals surface area contributed by atoms with Gasteiger partial charge in [0, 0.05) is 19.6 Å². The van der Waals surface area contributed by atoms with Gasteiger partial charge in [-0.15, -0.1) is 0 Å². The van der Waals surface area contributed by atoms with Crippen LogP contribution < -0.4 is 0 Å². The Bertz CT molecular complexity index is 217. The number of carbonyl (C=O) groups is 1. The molecule has 0 aromatic rings. The van der Waals surface area contributed by atoms with E-state index in [2.05, 4.69) is 0 Å². The molecule has 0 saturated carbocycles. The average Bonchev–Trinajstić information content (AvgIpc) is 1.99. The van der Waals surface area contributed by atoms with E-state index in [1.54, 1.807) is 27.9 Å². The topological polar surface area (TPSA) is 43.8 Å². The van der Waals surface area contributed by atoms with E-state index >= 15 is 0 Å². The summed E-state index contributed by atoms with van der Waals surface area (Å²) in [5.41, 5.74) is -1.35. The maximum absolute atomic E-state index is 11.8. The first-order valence-corrected chi connectivity index (χ1v) is 4.72. The van der Waals surface area contributed by atoms with Crippen molar-refractivity contribution < 1.29 is 10.0 Å². The Kier molecular flexibility index (Phi) is 3.70. The van der Waals surface area contributed by atoms with Crippen LogP contribution in [-0.2, 0) is 4.79 Å². The first-order valence-electron chi connectivity index (χ1n) is 4.72. The molecule has 0 fully saturated rings. The van der Waals surface area contributed by atoms with Crippen molar-refractivity contribution in [3.63, 3.8) is 0 Å². The van der Waals surface area contributed by atoms with Crippen LogP contribution in [0.3, 0.4) is 0 Å². The molecule has 0 unspecified atom stereocenters. The molecule has 0 bridgehead atoms. The summed E-state index contributed by atoms with van der Waals surface area (Å²) >= 11 is 0. The highest BCUT2D eigenvalue weighted by Crippen LogP contribution is 2.23. The van der Waals surface area contributed by atoms with Gasteiger partial charge in [-0.1, -0.05) is 0 Å². The van der Waals surface area contributed by atoms with E-state index in [1.165, 1.54) is 4.90 Å². The standard InChI is InChI=1S/C10H22N2O2/c1-9(2,3)12(14)10(4,5)8(13)11(6)7/h14H,1-7H3. The third-order valence-electron chi connectivity index (χ3n) is 2.09. The minimum atomic E-state index is -0.901. The molecule has 1 amide bonds. The summed E-state index contributed by atoms with van der Waals surface area (Å²) in [5.74, 6) is -0.116. The molecule has 0 atom stereocenters. The van der Waals surface area contributed by atoms with E-state index < -0.39 is 11.1 Å². The number of carbonyl (C=O) groups excluding carboxylic acids is 1. The number of amides is 1. The third kappa shape index (κ3) is 2.69. The molecule has 0 aromatic carbocycles. The summed E-state index contributed by atoms with van der Waals surface area (Å²) in [6.45, 7) is 8.99. The molecule has 4 heteroatoms. The fourth-order valence-electron chi connectivity index (χ4n) is 1.48.